The molecule has 4 nitrogen and oxygen atoms in total. The van der Waals surface area contributed by atoms with Crippen LogP contribution in [0.2, 0.25) is 0 Å². The topological polar surface area (TPSA) is 44.7 Å². The lowest BCUT2D eigenvalue weighted by Crippen LogP contribution is -2.65. The van der Waals surface area contributed by atoms with Crippen molar-refractivity contribution in [2.45, 2.75) is 5.60 Å². The van der Waals surface area contributed by atoms with E-state index in [0.717, 1.165) is 45.9 Å². The molecule has 0 radical (unpaired) electrons. The molecule has 0 amide bonds. The van der Waals surface area contributed by atoms with Crippen molar-refractivity contribution in [1.29, 1.82) is 0 Å². The number of hydrogen-bond donors (Lipinski definition) is 2. The van der Waals surface area contributed by atoms with Gasteiger partial charge in [0.15, 0.2) is 0 Å². The Kier molecular flexibility index (Phi) is 2.32. The third kappa shape index (κ3) is 1.77. The molecule has 0 aromatic carbocycles. The summed E-state index contributed by atoms with van der Waals surface area (Å²) in [5.74, 6) is 0. The molecule has 12 heavy (non-hydrogen) atoms. The normalized spacial score (nSPS) is 29.8. The fraction of sp³-hybridized carbons (Fsp3) is 1.00. The molecule has 70 valence electrons. The minimum Gasteiger partial charge on any atom is -0.386 e. The molecule has 0 aliphatic carbocycles. The lowest BCUT2D eigenvalue weighted by molar-refractivity contribution is -0.0594. The zero-order valence-corrected chi connectivity index (χ0v) is 7.25. The molecule has 2 aliphatic rings. The Morgan fingerprint density at radius 1 is 1.33 bits per heavy atom. The second-order valence-electron chi connectivity index (χ2n) is 3.72. The Labute approximate surface area is 72.5 Å². The summed E-state index contributed by atoms with van der Waals surface area (Å²) in [6.07, 6.45) is 0. The van der Waals surface area contributed by atoms with E-state index in [1.54, 1.807) is 0 Å². The summed E-state index contributed by atoms with van der Waals surface area (Å²) in [5.41, 5.74) is -0.461. The summed E-state index contributed by atoms with van der Waals surface area (Å²) in [6, 6.07) is 0. The zero-order chi connectivity index (χ0) is 8.44. The highest BCUT2D eigenvalue weighted by Crippen LogP contribution is 2.13. The van der Waals surface area contributed by atoms with E-state index in [9.17, 15) is 5.11 Å². The van der Waals surface area contributed by atoms with Gasteiger partial charge in [-0.1, -0.05) is 0 Å². The van der Waals surface area contributed by atoms with Gasteiger partial charge in [0.05, 0.1) is 13.2 Å². The van der Waals surface area contributed by atoms with Crippen LogP contribution in [0.4, 0.5) is 0 Å². The first-order valence-electron chi connectivity index (χ1n) is 4.52. The molecule has 0 unspecified atom stereocenters. The Morgan fingerprint density at radius 3 is 2.50 bits per heavy atom. The number of nitrogens with zero attached hydrogens (tertiary/aromatic N) is 1. The van der Waals surface area contributed by atoms with Crippen molar-refractivity contribution >= 4 is 0 Å². The second-order valence-corrected chi connectivity index (χ2v) is 3.72. The average Bonchev–Trinajstić information content (AvgIpc) is 2.04. The summed E-state index contributed by atoms with van der Waals surface area (Å²) >= 11 is 0. The predicted octanol–water partition coefficient (Wildman–Crippen LogP) is -1.35. The van der Waals surface area contributed by atoms with Crippen LogP contribution in [-0.2, 0) is 4.74 Å². The van der Waals surface area contributed by atoms with Crippen LogP contribution in [0.1, 0.15) is 0 Å². The molecule has 0 spiro atoms. The van der Waals surface area contributed by atoms with Crippen molar-refractivity contribution in [1.82, 2.24) is 10.2 Å². The standard InChI is InChI=1S/C8H16N2O2/c11-8(5-9-6-8)7-10-1-3-12-4-2-10/h9,11H,1-7H2. The number of nitrogens with one attached hydrogen (secondary N) is 1. The Morgan fingerprint density at radius 2 is 2.00 bits per heavy atom. The molecule has 0 bridgehead atoms. The largest absolute Gasteiger partial charge is 0.386 e. The molecular weight excluding hydrogens is 156 g/mol. The number of rotatable bonds is 2. The zero-order valence-electron chi connectivity index (χ0n) is 7.25. The van der Waals surface area contributed by atoms with Gasteiger partial charge >= 0.3 is 0 Å². The van der Waals surface area contributed by atoms with Crippen LogP contribution < -0.4 is 5.32 Å². The molecule has 2 fully saturated rings. The molecule has 0 saturated carbocycles. The van der Waals surface area contributed by atoms with Crippen LogP contribution in [0.25, 0.3) is 0 Å². The molecule has 2 aliphatic heterocycles. The van der Waals surface area contributed by atoms with Crippen LogP contribution in [-0.4, -0.2) is 61.5 Å². The van der Waals surface area contributed by atoms with E-state index in [1.165, 1.54) is 0 Å². The van der Waals surface area contributed by atoms with Gasteiger partial charge in [0.2, 0.25) is 0 Å². The SMILES string of the molecule is OC1(CN2CCOCC2)CNC1. The maximum Gasteiger partial charge on any atom is 0.102 e. The van der Waals surface area contributed by atoms with Gasteiger partial charge in [-0.15, -0.1) is 0 Å². The summed E-state index contributed by atoms with van der Waals surface area (Å²) in [4.78, 5) is 2.27. The molecule has 2 heterocycles. The average molecular weight is 172 g/mol. The quantitative estimate of drug-likeness (QED) is 0.541. The Balaban J connectivity index is 1.77. The Hall–Kier alpha value is -0.160. The van der Waals surface area contributed by atoms with Crippen molar-refractivity contribution in [2.75, 3.05) is 45.9 Å². The first-order valence-corrected chi connectivity index (χ1v) is 4.52. The fourth-order valence-electron chi connectivity index (χ4n) is 1.70. The van der Waals surface area contributed by atoms with E-state index in [1.807, 2.05) is 0 Å². The van der Waals surface area contributed by atoms with Crippen LogP contribution in [0.5, 0.6) is 0 Å². The summed E-state index contributed by atoms with van der Waals surface area (Å²) in [6.45, 7) is 5.82. The van der Waals surface area contributed by atoms with Gasteiger partial charge in [-0.3, -0.25) is 4.90 Å². The monoisotopic (exact) mass is 172 g/mol. The predicted molar refractivity (Wildman–Crippen MR) is 45.1 cm³/mol. The number of β-amino-alcohol motifs (C(OH)–C–C–N with tert-alkyl or cyclic N) is 1. The maximum atomic E-state index is 9.82. The van der Waals surface area contributed by atoms with Gasteiger partial charge in [0.25, 0.3) is 0 Å². The van der Waals surface area contributed by atoms with Crippen molar-refractivity contribution in [2.24, 2.45) is 0 Å². The van der Waals surface area contributed by atoms with Gasteiger partial charge in [0, 0.05) is 32.7 Å². The number of aliphatic hydroxyl groups is 1. The minimum atomic E-state index is -0.461. The van der Waals surface area contributed by atoms with Gasteiger partial charge in [-0.05, 0) is 0 Å². The molecule has 0 aromatic heterocycles. The van der Waals surface area contributed by atoms with Gasteiger partial charge in [-0.2, -0.15) is 0 Å². The van der Waals surface area contributed by atoms with E-state index in [2.05, 4.69) is 10.2 Å². The van der Waals surface area contributed by atoms with Crippen molar-refractivity contribution < 1.29 is 9.84 Å². The van der Waals surface area contributed by atoms with Gasteiger partial charge < -0.3 is 15.2 Å². The highest BCUT2D eigenvalue weighted by atomic mass is 16.5. The molecule has 4 heteroatoms. The first kappa shape index (κ1) is 8.44. The number of ether oxygens (including phenoxy) is 1. The Bertz CT molecular complexity index is 153. The smallest absolute Gasteiger partial charge is 0.102 e. The van der Waals surface area contributed by atoms with Crippen molar-refractivity contribution in [3.8, 4) is 0 Å². The van der Waals surface area contributed by atoms with E-state index in [-0.39, 0.29) is 0 Å². The fourth-order valence-corrected chi connectivity index (χ4v) is 1.70. The molecule has 2 rings (SSSR count). The third-order valence-electron chi connectivity index (χ3n) is 2.53. The highest BCUT2D eigenvalue weighted by molar-refractivity contribution is 4.95. The highest BCUT2D eigenvalue weighted by Gasteiger charge is 2.36. The number of hydrogen-bond acceptors (Lipinski definition) is 4. The van der Waals surface area contributed by atoms with E-state index in [0.29, 0.717) is 0 Å². The molecule has 0 aromatic rings. The lowest BCUT2D eigenvalue weighted by atomic mass is 9.96. The molecule has 2 saturated heterocycles. The summed E-state index contributed by atoms with van der Waals surface area (Å²) in [5, 5.41) is 12.9. The van der Waals surface area contributed by atoms with Crippen molar-refractivity contribution in [3.63, 3.8) is 0 Å². The number of morpholine rings is 1. The minimum absolute atomic E-state index is 0.461. The molecular formula is C8H16N2O2. The maximum absolute atomic E-state index is 9.82. The van der Waals surface area contributed by atoms with E-state index in [4.69, 9.17) is 4.74 Å². The summed E-state index contributed by atoms with van der Waals surface area (Å²) < 4.78 is 5.23. The third-order valence-corrected chi connectivity index (χ3v) is 2.53. The van der Waals surface area contributed by atoms with Crippen LogP contribution in [0.3, 0.4) is 0 Å². The second kappa shape index (κ2) is 3.30. The van der Waals surface area contributed by atoms with Crippen molar-refractivity contribution in [3.05, 3.63) is 0 Å². The van der Waals surface area contributed by atoms with E-state index < -0.39 is 5.60 Å². The van der Waals surface area contributed by atoms with Crippen LogP contribution >= 0.6 is 0 Å². The lowest BCUT2D eigenvalue weighted by Gasteiger charge is -2.42. The van der Waals surface area contributed by atoms with Crippen LogP contribution in [0, 0.1) is 0 Å². The molecule has 2 N–H and O–H groups in total. The van der Waals surface area contributed by atoms with Gasteiger partial charge in [-0.25, -0.2) is 0 Å². The van der Waals surface area contributed by atoms with Gasteiger partial charge in [0.1, 0.15) is 5.60 Å². The summed E-state index contributed by atoms with van der Waals surface area (Å²) in [7, 11) is 0. The van der Waals surface area contributed by atoms with Crippen LogP contribution in [0.15, 0.2) is 0 Å². The first-order chi connectivity index (χ1) is 5.79. The molecule has 0 atom stereocenters. The van der Waals surface area contributed by atoms with E-state index >= 15 is 0 Å².